The smallest absolute Gasteiger partial charge is 0.243 e. The molecular weight excluding hydrogens is 523 g/mol. The lowest BCUT2D eigenvalue weighted by Crippen LogP contribution is -2.47. The van der Waals surface area contributed by atoms with Crippen molar-refractivity contribution in [2.45, 2.75) is 44.4 Å². The van der Waals surface area contributed by atoms with Gasteiger partial charge in [0.2, 0.25) is 5.91 Å². The number of carbonyl (C=O) groups is 1. The molecule has 1 amide bonds. The van der Waals surface area contributed by atoms with Crippen LogP contribution in [0.3, 0.4) is 0 Å². The monoisotopic (exact) mass is 546 g/mol. The zero-order valence-corrected chi connectivity index (χ0v) is 21.3. The SMILES string of the molecule is O=C(NN1CCCCC1)[C@@H]1CCCc2c1nn(-c1ccc(Cl)cc1Cl)c2-c1ccc(Br)cc1. The molecule has 33 heavy (non-hydrogen) atoms. The highest BCUT2D eigenvalue weighted by Crippen LogP contribution is 2.40. The lowest BCUT2D eigenvalue weighted by molar-refractivity contribution is -0.128. The van der Waals surface area contributed by atoms with Crippen molar-refractivity contribution in [1.82, 2.24) is 20.2 Å². The number of hydrogen-bond acceptors (Lipinski definition) is 3. The fourth-order valence-electron chi connectivity index (χ4n) is 4.84. The van der Waals surface area contributed by atoms with E-state index in [-0.39, 0.29) is 11.8 Å². The number of piperidine rings is 1. The Balaban J connectivity index is 1.59. The molecule has 2 aromatic carbocycles. The Labute approximate surface area is 212 Å². The number of nitrogens with zero attached hydrogens (tertiary/aromatic N) is 3. The molecule has 0 bridgehead atoms. The molecule has 5 nitrogen and oxygen atoms in total. The molecule has 0 unspecified atom stereocenters. The molecule has 0 radical (unpaired) electrons. The van der Waals surface area contributed by atoms with Gasteiger partial charge in [0.15, 0.2) is 0 Å². The second-order valence-electron chi connectivity index (χ2n) is 8.70. The lowest BCUT2D eigenvalue weighted by Gasteiger charge is -2.29. The largest absolute Gasteiger partial charge is 0.288 e. The van der Waals surface area contributed by atoms with Crippen molar-refractivity contribution in [3.63, 3.8) is 0 Å². The molecule has 0 saturated carbocycles. The molecule has 0 spiro atoms. The molecule has 2 heterocycles. The summed E-state index contributed by atoms with van der Waals surface area (Å²) in [5, 5.41) is 8.16. The van der Waals surface area contributed by atoms with E-state index in [1.807, 2.05) is 28.9 Å². The molecule has 1 aliphatic heterocycles. The van der Waals surface area contributed by atoms with Crippen LogP contribution in [-0.4, -0.2) is 33.8 Å². The molecule has 1 atom stereocenters. The van der Waals surface area contributed by atoms with Crippen LogP contribution in [0.15, 0.2) is 46.9 Å². The number of aromatic nitrogens is 2. The van der Waals surface area contributed by atoms with E-state index in [0.717, 1.165) is 77.9 Å². The predicted octanol–water partition coefficient (Wildman–Crippen LogP) is 6.55. The average molecular weight is 548 g/mol. The van der Waals surface area contributed by atoms with Crippen molar-refractivity contribution >= 4 is 45.0 Å². The molecule has 1 fully saturated rings. The van der Waals surface area contributed by atoms with Gasteiger partial charge in [0, 0.05) is 33.7 Å². The van der Waals surface area contributed by atoms with Gasteiger partial charge < -0.3 is 0 Å². The van der Waals surface area contributed by atoms with Crippen LogP contribution >= 0.6 is 39.1 Å². The Morgan fingerprint density at radius 2 is 1.79 bits per heavy atom. The van der Waals surface area contributed by atoms with Gasteiger partial charge in [-0.1, -0.05) is 57.7 Å². The lowest BCUT2D eigenvalue weighted by atomic mass is 9.85. The van der Waals surface area contributed by atoms with Crippen LogP contribution in [0, 0.1) is 0 Å². The molecule has 1 N–H and O–H groups in total. The van der Waals surface area contributed by atoms with Crippen molar-refractivity contribution in [3.05, 3.63) is 68.2 Å². The molecule has 8 heteroatoms. The van der Waals surface area contributed by atoms with Gasteiger partial charge in [-0.3, -0.25) is 10.2 Å². The minimum atomic E-state index is -0.280. The predicted molar refractivity (Wildman–Crippen MR) is 136 cm³/mol. The normalized spacial score (nSPS) is 18.7. The number of nitrogens with one attached hydrogen (secondary N) is 1. The van der Waals surface area contributed by atoms with Gasteiger partial charge in [-0.05, 0) is 62.4 Å². The average Bonchev–Trinajstić information content (AvgIpc) is 3.19. The van der Waals surface area contributed by atoms with Crippen molar-refractivity contribution in [3.8, 4) is 16.9 Å². The summed E-state index contributed by atoms with van der Waals surface area (Å²) in [6.45, 7) is 1.81. The first kappa shape index (κ1) is 22.9. The standard InChI is InChI=1S/C25H25BrCl2N4O/c26-17-9-7-16(8-10-17)24-19-5-4-6-20(25(33)30-31-13-2-1-3-14-31)23(19)29-32(24)22-12-11-18(27)15-21(22)28/h7-12,15,20H,1-6,13-14H2,(H,30,33)/t20-/m1/s1. The van der Waals surface area contributed by atoms with Crippen molar-refractivity contribution < 1.29 is 4.79 Å². The summed E-state index contributed by atoms with van der Waals surface area (Å²) >= 11 is 16.3. The van der Waals surface area contributed by atoms with E-state index in [1.165, 1.54) is 6.42 Å². The van der Waals surface area contributed by atoms with Crippen LogP contribution in [0.25, 0.3) is 16.9 Å². The van der Waals surface area contributed by atoms with Gasteiger partial charge in [0.1, 0.15) is 0 Å². The summed E-state index contributed by atoms with van der Waals surface area (Å²) in [7, 11) is 0. The summed E-state index contributed by atoms with van der Waals surface area (Å²) in [6, 6.07) is 13.6. The Bertz CT molecular complexity index is 1170. The molecule has 3 aromatic rings. The molecule has 1 aliphatic carbocycles. The Kier molecular flexibility index (Phi) is 6.79. The second-order valence-corrected chi connectivity index (χ2v) is 10.5. The minimum Gasteiger partial charge on any atom is -0.288 e. The number of hydrazine groups is 1. The third kappa shape index (κ3) is 4.72. The van der Waals surface area contributed by atoms with Gasteiger partial charge in [-0.25, -0.2) is 9.69 Å². The van der Waals surface area contributed by atoms with Gasteiger partial charge >= 0.3 is 0 Å². The highest BCUT2D eigenvalue weighted by atomic mass is 79.9. The number of hydrogen-bond donors (Lipinski definition) is 1. The number of benzene rings is 2. The van der Waals surface area contributed by atoms with Gasteiger partial charge in [-0.15, -0.1) is 0 Å². The third-order valence-electron chi connectivity index (χ3n) is 6.46. The van der Waals surface area contributed by atoms with E-state index in [1.54, 1.807) is 6.07 Å². The van der Waals surface area contributed by atoms with Crippen LogP contribution in [0.2, 0.25) is 10.0 Å². The first-order chi connectivity index (χ1) is 16.0. The summed E-state index contributed by atoms with van der Waals surface area (Å²) < 4.78 is 2.90. The van der Waals surface area contributed by atoms with E-state index in [0.29, 0.717) is 10.0 Å². The van der Waals surface area contributed by atoms with E-state index in [4.69, 9.17) is 28.3 Å². The molecule has 1 aromatic heterocycles. The van der Waals surface area contributed by atoms with E-state index in [9.17, 15) is 4.79 Å². The minimum absolute atomic E-state index is 0.0343. The van der Waals surface area contributed by atoms with Crippen LogP contribution in [0.1, 0.15) is 49.3 Å². The van der Waals surface area contributed by atoms with E-state index >= 15 is 0 Å². The van der Waals surface area contributed by atoms with Crippen LogP contribution in [0.4, 0.5) is 0 Å². The quantitative estimate of drug-likeness (QED) is 0.403. The molecular formula is C25H25BrCl2N4O. The van der Waals surface area contributed by atoms with Crippen molar-refractivity contribution in [1.29, 1.82) is 0 Å². The maximum atomic E-state index is 13.3. The highest BCUT2D eigenvalue weighted by molar-refractivity contribution is 9.10. The second kappa shape index (κ2) is 9.79. The summed E-state index contributed by atoms with van der Waals surface area (Å²) in [5.41, 5.74) is 7.90. The van der Waals surface area contributed by atoms with Crippen molar-refractivity contribution in [2.24, 2.45) is 0 Å². The maximum absolute atomic E-state index is 13.3. The van der Waals surface area contributed by atoms with Gasteiger partial charge in [0.25, 0.3) is 0 Å². The van der Waals surface area contributed by atoms with Crippen molar-refractivity contribution in [2.75, 3.05) is 13.1 Å². The van der Waals surface area contributed by atoms with E-state index < -0.39 is 0 Å². The number of halogens is 3. The highest BCUT2D eigenvalue weighted by Gasteiger charge is 2.34. The molecule has 1 saturated heterocycles. The first-order valence-electron chi connectivity index (χ1n) is 11.4. The molecule has 5 rings (SSSR count). The maximum Gasteiger partial charge on any atom is 0.243 e. The zero-order valence-electron chi connectivity index (χ0n) is 18.2. The molecule has 2 aliphatic rings. The van der Waals surface area contributed by atoms with Gasteiger partial charge in [-0.2, -0.15) is 5.10 Å². The van der Waals surface area contributed by atoms with Crippen LogP contribution in [-0.2, 0) is 11.2 Å². The fourth-order valence-corrected chi connectivity index (χ4v) is 5.59. The van der Waals surface area contributed by atoms with Crippen LogP contribution < -0.4 is 5.43 Å². The Hall–Kier alpha value is -1.86. The molecule has 172 valence electrons. The van der Waals surface area contributed by atoms with Gasteiger partial charge in [0.05, 0.1) is 28.0 Å². The third-order valence-corrected chi connectivity index (χ3v) is 7.53. The zero-order chi connectivity index (χ0) is 22.9. The Morgan fingerprint density at radius 3 is 2.52 bits per heavy atom. The fraction of sp³-hybridized carbons (Fsp3) is 0.360. The summed E-state index contributed by atoms with van der Waals surface area (Å²) in [5.74, 6) is -0.246. The number of carbonyl (C=O) groups excluding carboxylic acids is 1. The summed E-state index contributed by atoms with van der Waals surface area (Å²) in [6.07, 6.45) is 6.07. The number of rotatable bonds is 4. The first-order valence-corrected chi connectivity index (χ1v) is 12.9. The number of amides is 1. The topological polar surface area (TPSA) is 50.2 Å². The van der Waals surface area contributed by atoms with E-state index in [2.05, 4.69) is 38.5 Å². The summed E-state index contributed by atoms with van der Waals surface area (Å²) in [4.78, 5) is 13.3. The Morgan fingerprint density at radius 1 is 1.03 bits per heavy atom. The number of fused-ring (bicyclic) bond motifs is 1. The van der Waals surface area contributed by atoms with Crippen LogP contribution in [0.5, 0.6) is 0 Å².